The lowest BCUT2D eigenvalue weighted by molar-refractivity contribution is 0.479. The standard InChI is InChI=1S/C12H10ClNO4S/c13-10-2-1-3-11(14)12(10)18-8-4-6-9(7-5-8)19(15,16)17/h1-7H,14H2,(H,15,16,17). The van der Waals surface area contributed by atoms with Gasteiger partial charge in [0.05, 0.1) is 15.6 Å². The third kappa shape index (κ3) is 3.17. The molecule has 2 aromatic rings. The average Bonchev–Trinajstić information content (AvgIpc) is 2.33. The highest BCUT2D eigenvalue weighted by atomic mass is 35.5. The van der Waals surface area contributed by atoms with E-state index in [2.05, 4.69) is 0 Å². The van der Waals surface area contributed by atoms with Crippen LogP contribution in [0.25, 0.3) is 0 Å². The summed E-state index contributed by atoms with van der Waals surface area (Å²) in [6, 6.07) is 10.2. The highest BCUT2D eigenvalue weighted by Gasteiger charge is 2.11. The number of nitrogen functional groups attached to an aromatic ring is 1. The van der Waals surface area contributed by atoms with Crippen molar-refractivity contribution in [2.75, 3.05) is 5.73 Å². The number of rotatable bonds is 3. The lowest BCUT2D eigenvalue weighted by Gasteiger charge is -2.10. The Balaban J connectivity index is 2.30. The zero-order valence-corrected chi connectivity index (χ0v) is 11.1. The van der Waals surface area contributed by atoms with Crippen molar-refractivity contribution in [1.29, 1.82) is 0 Å². The van der Waals surface area contributed by atoms with Gasteiger partial charge in [-0.25, -0.2) is 0 Å². The van der Waals surface area contributed by atoms with Crippen LogP contribution in [0.15, 0.2) is 47.4 Å². The molecule has 0 aliphatic carbocycles. The van der Waals surface area contributed by atoms with Gasteiger partial charge in [0.2, 0.25) is 0 Å². The summed E-state index contributed by atoms with van der Waals surface area (Å²) in [7, 11) is -4.22. The molecule has 0 aromatic heterocycles. The third-order valence-electron chi connectivity index (χ3n) is 2.34. The van der Waals surface area contributed by atoms with Gasteiger partial charge in [0.15, 0.2) is 5.75 Å². The molecule has 0 unspecified atom stereocenters. The Kier molecular flexibility index (Phi) is 3.66. The molecule has 0 aliphatic heterocycles. The Morgan fingerprint density at radius 2 is 1.74 bits per heavy atom. The Hall–Kier alpha value is -1.76. The molecule has 0 bridgehead atoms. The highest BCUT2D eigenvalue weighted by Crippen LogP contribution is 2.34. The molecule has 5 nitrogen and oxygen atoms in total. The summed E-state index contributed by atoms with van der Waals surface area (Å²) >= 11 is 5.94. The van der Waals surface area contributed by atoms with Gasteiger partial charge in [-0.05, 0) is 36.4 Å². The monoisotopic (exact) mass is 299 g/mol. The Morgan fingerprint density at radius 1 is 1.11 bits per heavy atom. The summed E-state index contributed by atoms with van der Waals surface area (Å²) in [5, 5.41) is 0.346. The van der Waals surface area contributed by atoms with E-state index in [1.54, 1.807) is 18.2 Å². The topological polar surface area (TPSA) is 89.6 Å². The van der Waals surface area contributed by atoms with E-state index in [4.69, 9.17) is 26.6 Å². The molecule has 3 N–H and O–H groups in total. The van der Waals surface area contributed by atoms with Crippen LogP contribution in [0.3, 0.4) is 0 Å². The Labute approximate surface area is 115 Å². The highest BCUT2D eigenvalue weighted by molar-refractivity contribution is 7.85. The van der Waals surface area contributed by atoms with Gasteiger partial charge < -0.3 is 10.5 Å². The summed E-state index contributed by atoms with van der Waals surface area (Å²) in [4.78, 5) is -0.216. The van der Waals surface area contributed by atoms with Crippen molar-refractivity contribution in [1.82, 2.24) is 0 Å². The number of para-hydroxylation sites is 1. The number of nitrogens with two attached hydrogens (primary N) is 1. The van der Waals surface area contributed by atoms with E-state index >= 15 is 0 Å². The van der Waals surface area contributed by atoms with E-state index in [9.17, 15) is 8.42 Å². The van der Waals surface area contributed by atoms with Crippen LogP contribution < -0.4 is 10.5 Å². The second kappa shape index (κ2) is 5.08. The number of anilines is 1. The van der Waals surface area contributed by atoms with Gasteiger partial charge in [0.25, 0.3) is 10.1 Å². The van der Waals surface area contributed by atoms with E-state index in [0.29, 0.717) is 22.2 Å². The first-order chi connectivity index (χ1) is 8.88. The molecule has 0 saturated heterocycles. The van der Waals surface area contributed by atoms with Gasteiger partial charge >= 0.3 is 0 Å². The molecular weight excluding hydrogens is 290 g/mol. The third-order valence-corrected chi connectivity index (χ3v) is 3.50. The number of benzene rings is 2. The van der Waals surface area contributed by atoms with Gasteiger partial charge in [-0.1, -0.05) is 17.7 Å². The summed E-state index contributed by atoms with van der Waals surface area (Å²) in [6.45, 7) is 0. The van der Waals surface area contributed by atoms with Gasteiger partial charge in [0, 0.05) is 0 Å². The van der Waals surface area contributed by atoms with E-state index in [0.717, 1.165) is 0 Å². The van der Waals surface area contributed by atoms with Crippen molar-refractivity contribution in [3.05, 3.63) is 47.5 Å². The van der Waals surface area contributed by atoms with Crippen molar-refractivity contribution in [2.24, 2.45) is 0 Å². The molecular formula is C12H10ClNO4S. The molecule has 0 heterocycles. The van der Waals surface area contributed by atoms with Crippen LogP contribution in [0.1, 0.15) is 0 Å². The van der Waals surface area contributed by atoms with E-state index in [1.165, 1.54) is 24.3 Å². The summed E-state index contributed by atoms with van der Waals surface area (Å²) < 4.78 is 36.1. The molecule has 0 radical (unpaired) electrons. The van der Waals surface area contributed by atoms with Gasteiger partial charge in [-0.3, -0.25) is 4.55 Å². The lowest BCUT2D eigenvalue weighted by Crippen LogP contribution is -1.98. The van der Waals surface area contributed by atoms with Crippen LogP contribution in [0.2, 0.25) is 5.02 Å². The van der Waals surface area contributed by atoms with Crippen LogP contribution in [0, 0.1) is 0 Å². The fraction of sp³-hybridized carbons (Fsp3) is 0. The predicted molar refractivity (Wildman–Crippen MR) is 72.2 cm³/mol. The SMILES string of the molecule is Nc1cccc(Cl)c1Oc1ccc(S(=O)(=O)O)cc1. The second-order valence-corrected chi connectivity index (χ2v) is 5.54. The first-order valence-electron chi connectivity index (χ1n) is 5.17. The Morgan fingerprint density at radius 3 is 2.26 bits per heavy atom. The molecule has 0 atom stereocenters. The maximum Gasteiger partial charge on any atom is 0.294 e. The minimum atomic E-state index is -4.22. The summed E-state index contributed by atoms with van der Waals surface area (Å²) in [5.41, 5.74) is 6.09. The zero-order valence-electron chi connectivity index (χ0n) is 9.58. The van der Waals surface area contributed by atoms with E-state index < -0.39 is 10.1 Å². The number of ether oxygens (including phenoxy) is 1. The summed E-state index contributed by atoms with van der Waals surface area (Å²) in [6.07, 6.45) is 0. The zero-order chi connectivity index (χ0) is 14.0. The number of hydrogen-bond donors (Lipinski definition) is 2. The van der Waals surface area contributed by atoms with Crippen molar-refractivity contribution in [3.63, 3.8) is 0 Å². The second-order valence-electron chi connectivity index (χ2n) is 3.71. The quantitative estimate of drug-likeness (QED) is 0.672. The molecule has 0 saturated carbocycles. The molecule has 7 heteroatoms. The molecule has 2 rings (SSSR count). The molecule has 2 aromatic carbocycles. The van der Waals surface area contributed by atoms with E-state index in [-0.39, 0.29) is 4.90 Å². The van der Waals surface area contributed by atoms with Crippen LogP contribution >= 0.6 is 11.6 Å². The van der Waals surface area contributed by atoms with Crippen molar-refractivity contribution in [2.45, 2.75) is 4.90 Å². The number of hydrogen-bond acceptors (Lipinski definition) is 4. The first-order valence-corrected chi connectivity index (χ1v) is 6.99. The van der Waals surface area contributed by atoms with Crippen LogP contribution in [-0.2, 0) is 10.1 Å². The van der Waals surface area contributed by atoms with Crippen molar-refractivity contribution >= 4 is 27.4 Å². The van der Waals surface area contributed by atoms with Crippen LogP contribution in [0.4, 0.5) is 5.69 Å². The maximum atomic E-state index is 10.9. The smallest absolute Gasteiger partial charge is 0.294 e. The maximum absolute atomic E-state index is 10.9. The Bertz CT molecular complexity index is 678. The van der Waals surface area contributed by atoms with Crippen LogP contribution in [-0.4, -0.2) is 13.0 Å². The molecule has 0 fully saturated rings. The lowest BCUT2D eigenvalue weighted by atomic mass is 10.3. The molecule has 0 aliphatic rings. The fourth-order valence-corrected chi connectivity index (χ4v) is 2.13. The van der Waals surface area contributed by atoms with Crippen molar-refractivity contribution in [3.8, 4) is 11.5 Å². The minimum Gasteiger partial charge on any atom is -0.454 e. The fourth-order valence-electron chi connectivity index (χ4n) is 1.43. The van der Waals surface area contributed by atoms with Gasteiger partial charge in [0.1, 0.15) is 5.75 Å². The molecule has 0 amide bonds. The first kappa shape index (κ1) is 13.7. The van der Waals surface area contributed by atoms with E-state index in [1.807, 2.05) is 0 Å². The summed E-state index contributed by atoms with van der Waals surface area (Å²) in [5.74, 6) is 0.649. The minimum absolute atomic E-state index is 0.216. The molecule has 100 valence electrons. The predicted octanol–water partition coefficient (Wildman–Crippen LogP) is 2.96. The largest absolute Gasteiger partial charge is 0.454 e. The van der Waals surface area contributed by atoms with Gasteiger partial charge in [-0.2, -0.15) is 8.42 Å². The molecule has 19 heavy (non-hydrogen) atoms. The average molecular weight is 300 g/mol. The normalized spacial score (nSPS) is 11.3. The van der Waals surface area contributed by atoms with Crippen molar-refractivity contribution < 1.29 is 17.7 Å². The number of halogens is 1. The van der Waals surface area contributed by atoms with Crippen LogP contribution in [0.5, 0.6) is 11.5 Å². The molecule has 0 spiro atoms. The van der Waals surface area contributed by atoms with Gasteiger partial charge in [-0.15, -0.1) is 0 Å².